The minimum absolute atomic E-state index is 0.00662. The summed E-state index contributed by atoms with van der Waals surface area (Å²) in [6.45, 7) is 0. The molecule has 0 N–H and O–H groups in total. The van der Waals surface area contributed by atoms with Crippen LogP contribution in [0.25, 0.3) is 67.2 Å². The van der Waals surface area contributed by atoms with Crippen molar-refractivity contribution >= 4 is 10.8 Å². The molecule has 1 aromatic heterocycles. The van der Waals surface area contributed by atoms with Gasteiger partial charge in [-0.15, -0.1) is 0 Å². The minimum Gasteiger partial charge on any atom is -0.208 e. The highest BCUT2D eigenvalue weighted by Crippen LogP contribution is 2.65. The Hall–Kier alpha value is -6.70. The molecular weight excluding hydrogens is 705 g/mol. The lowest BCUT2D eigenvalue weighted by molar-refractivity contribution is -0.0418. The average molecular weight is 747 g/mol. The van der Waals surface area contributed by atoms with Crippen LogP contribution >= 0.6 is 0 Å². The Bertz CT molecular complexity index is 2740. The first-order valence-corrected chi connectivity index (χ1v) is 20.7. The van der Waals surface area contributed by atoms with Crippen LogP contribution in [0.1, 0.15) is 48.8 Å². The highest BCUT2D eigenvalue weighted by atomic mass is 15.0. The number of nitrogens with zero attached hydrogens (tertiary/aromatic N) is 4. The van der Waals surface area contributed by atoms with E-state index in [1.165, 1.54) is 65.3 Å². The first kappa shape index (κ1) is 34.5. The summed E-state index contributed by atoms with van der Waals surface area (Å²) < 4.78 is 0. The van der Waals surface area contributed by atoms with E-state index in [-0.39, 0.29) is 5.41 Å². The molecule has 4 bridgehead atoms. The van der Waals surface area contributed by atoms with E-state index in [1.54, 1.807) is 0 Å². The molecule has 4 nitrogen and oxygen atoms in total. The molecule has 0 saturated heterocycles. The topological polar surface area (TPSA) is 62.5 Å². The van der Waals surface area contributed by atoms with E-state index >= 15 is 0 Å². The number of hydrogen-bond donors (Lipinski definition) is 0. The van der Waals surface area contributed by atoms with Gasteiger partial charge in [-0.3, -0.25) is 0 Å². The lowest BCUT2D eigenvalue weighted by atomic mass is 9.42. The molecule has 278 valence electrons. The molecule has 7 aromatic carbocycles. The maximum Gasteiger partial charge on any atom is 0.164 e. The highest BCUT2D eigenvalue weighted by molar-refractivity contribution is 6.04. The molecule has 1 heterocycles. The highest BCUT2D eigenvalue weighted by Gasteiger charge is 2.58. The Kier molecular flexibility index (Phi) is 8.36. The normalized spacial score (nSPS) is 21.8. The fourth-order valence-electron chi connectivity index (χ4n) is 11.3. The second-order valence-electron chi connectivity index (χ2n) is 16.8. The number of benzene rings is 7. The smallest absolute Gasteiger partial charge is 0.164 e. The Balaban J connectivity index is 0.991. The standard InChI is InChI=1S/C54H42N4/c55-34-35-15-17-38(18-16-35)39-19-23-43(24-20-39)54(45-30-36-29-37(32-45)33-46(54)31-36)44-25-21-40(22-26-44)47-27-28-50(49-14-8-7-13-48(47)49)53-57-51(41-9-3-1-4-10-41)56-52(58-53)42-11-5-2-6-12-42/h1-28,36-37,45-46H,29-33H2. The predicted octanol–water partition coefficient (Wildman–Crippen LogP) is 13.0. The molecule has 4 heteroatoms. The summed E-state index contributed by atoms with van der Waals surface area (Å²) in [7, 11) is 0. The summed E-state index contributed by atoms with van der Waals surface area (Å²) in [5.74, 6) is 5.03. The van der Waals surface area contributed by atoms with Gasteiger partial charge in [0.2, 0.25) is 0 Å². The van der Waals surface area contributed by atoms with Gasteiger partial charge >= 0.3 is 0 Å². The number of nitriles is 1. The van der Waals surface area contributed by atoms with Crippen molar-refractivity contribution in [2.75, 3.05) is 0 Å². The van der Waals surface area contributed by atoms with Crippen LogP contribution in [0.5, 0.6) is 0 Å². The first-order valence-electron chi connectivity index (χ1n) is 20.7. The average Bonchev–Trinajstić information content (AvgIpc) is 3.29. The zero-order chi connectivity index (χ0) is 38.6. The maximum absolute atomic E-state index is 9.33. The van der Waals surface area contributed by atoms with Crippen molar-refractivity contribution in [3.63, 3.8) is 0 Å². The van der Waals surface area contributed by atoms with Gasteiger partial charge in [0.05, 0.1) is 11.6 Å². The minimum atomic E-state index is 0.00662. The fraction of sp³-hybridized carbons (Fsp3) is 0.185. The van der Waals surface area contributed by atoms with Crippen LogP contribution < -0.4 is 0 Å². The van der Waals surface area contributed by atoms with Gasteiger partial charge in [0.25, 0.3) is 0 Å². The van der Waals surface area contributed by atoms with E-state index in [9.17, 15) is 5.26 Å². The van der Waals surface area contributed by atoms with E-state index < -0.39 is 0 Å². The quantitative estimate of drug-likeness (QED) is 0.163. The predicted molar refractivity (Wildman–Crippen MR) is 233 cm³/mol. The molecule has 58 heavy (non-hydrogen) atoms. The Morgan fingerprint density at radius 3 is 1.34 bits per heavy atom. The van der Waals surface area contributed by atoms with Crippen LogP contribution in [-0.4, -0.2) is 15.0 Å². The van der Waals surface area contributed by atoms with Gasteiger partial charge in [0.1, 0.15) is 0 Å². The Labute approximate surface area is 340 Å². The molecule has 0 radical (unpaired) electrons. The van der Waals surface area contributed by atoms with Gasteiger partial charge in [0.15, 0.2) is 17.5 Å². The molecule has 4 saturated carbocycles. The SMILES string of the molecule is N#Cc1ccc(-c2ccc(C3(c4ccc(-c5ccc(-c6nc(-c7ccccc7)nc(-c7ccccc7)n6)c6ccccc56)cc4)C4CC5CC(C4)CC3C5)cc2)cc1. The summed E-state index contributed by atoms with van der Waals surface area (Å²) in [5.41, 5.74) is 11.3. The number of rotatable bonds is 7. The summed E-state index contributed by atoms with van der Waals surface area (Å²) in [6, 6.07) is 62.8. The molecule has 0 amide bonds. The van der Waals surface area contributed by atoms with E-state index in [4.69, 9.17) is 15.0 Å². The molecule has 4 aliphatic carbocycles. The van der Waals surface area contributed by atoms with Crippen molar-refractivity contribution in [2.45, 2.75) is 37.5 Å². The van der Waals surface area contributed by atoms with Crippen molar-refractivity contribution in [3.05, 3.63) is 187 Å². The van der Waals surface area contributed by atoms with Gasteiger partial charge in [-0.25, -0.2) is 15.0 Å². The largest absolute Gasteiger partial charge is 0.208 e. The van der Waals surface area contributed by atoms with Crippen molar-refractivity contribution < 1.29 is 0 Å². The number of hydrogen-bond acceptors (Lipinski definition) is 4. The van der Waals surface area contributed by atoms with E-state index in [0.717, 1.165) is 39.5 Å². The number of aromatic nitrogens is 3. The third-order valence-electron chi connectivity index (χ3n) is 13.7. The summed E-state index contributed by atoms with van der Waals surface area (Å²) >= 11 is 0. The van der Waals surface area contributed by atoms with E-state index in [0.29, 0.717) is 34.9 Å². The molecule has 4 fully saturated rings. The van der Waals surface area contributed by atoms with Crippen LogP contribution in [0.4, 0.5) is 0 Å². The molecular formula is C54H42N4. The molecule has 4 aliphatic rings. The summed E-state index contributed by atoms with van der Waals surface area (Å²) in [4.78, 5) is 15.1. The number of fused-ring (bicyclic) bond motifs is 1. The van der Waals surface area contributed by atoms with Crippen LogP contribution in [0.3, 0.4) is 0 Å². The van der Waals surface area contributed by atoms with Gasteiger partial charge in [0, 0.05) is 22.1 Å². The molecule has 0 atom stereocenters. The molecule has 0 unspecified atom stereocenters. The Morgan fingerprint density at radius 2 is 0.828 bits per heavy atom. The third kappa shape index (κ3) is 5.76. The maximum atomic E-state index is 9.33. The van der Waals surface area contributed by atoms with Gasteiger partial charge < -0.3 is 0 Å². The third-order valence-corrected chi connectivity index (χ3v) is 13.7. The van der Waals surface area contributed by atoms with Crippen molar-refractivity contribution in [3.8, 4) is 62.5 Å². The molecule has 0 aliphatic heterocycles. The summed E-state index contributed by atoms with van der Waals surface area (Å²) in [5, 5.41) is 11.6. The van der Waals surface area contributed by atoms with Crippen molar-refractivity contribution in [2.24, 2.45) is 23.7 Å². The van der Waals surface area contributed by atoms with Gasteiger partial charge in [-0.2, -0.15) is 5.26 Å². The fourth-order valence-corrected chi connectivity index (χ4v) is 11.3. The molecule has 12 rings (SSSR count). The van der Waals surface area contributed by atoms with Gasteiger partial charge in [-0.1, -0.05) is 152 Å². The summed E-state index contributed by atoms with van der Waals surface area (Å²) in [6.07, 6.45) is 6.73. The van der Waals surface area contributed by atoms with Gasteiger partial charge in [-0.05, 0) is 118 Å². The lowest BCUT2D eigenvalue weighted by Gasteiger charge is -2.62. The molecule has 0 spiro atoms. The van der Waals surface area contributed by atoms with Crippen LogP contribution in [0.15, 0.2) is 170 Å². The molecule has 8 aromatic rings. The van der Waals surface area contributed by atoms with Crippen LogP contribution in [-0.2, 0) is 5.41 Å². The van der Waals surface area contributed by atoms with Crippen LogP contribution in [0, 0.1) is 35.0 Å². The van der Waals surface area contributed by atoms with E-state index in [2.05, 4.69) is 127 Å². The zero-order valence-electron chi connectivity index (χ0n) is 32.3. The first-order chi connectivity index (χ1) is 28.6. The monoisotopic (exact) mass is 746 g/mol. The van der Waals surface area contributed by atoms with Crippen molar-refractivity contribution in [1.82, 2.24) is 15.0 Å². The lowest BCUT2D eigenvalue weighted by Crippen LogP contribution is -2.56. The second-order valence-corrected chi connectivity index (χ2v) is 16.8. The zero-order valence-corrected chi connectivity index (χ0v) is 32.3. The van der Waals surface area contributed by atoms with Crippen molar-refractivity contribution in [1.29, 1.82) is 5.26 Å². The second kappa shape index (κ2) is 14.0. The van der Waals surface area contributed by atoms with E-state index in [1.807, 2.05) is 48.5 Å². The Morgan fingerprint density at radius 1 is 0.397 bits per heavy atom. The van der Waals surface area contributed by atoms with Crippen LogP contribution in [0.2, 0.25) is 0 Å².